The lowest BCUT2D eigenvalue weighted by molar-refractivity contribution is 0.180. The first-order chi connectivity index (χ1) is 7.76. The summed E-state index contributed by atoms with van der Waals surface area (Å²) in [6.45, 7) is 4.78. The maximum Gasteiger partial charge on any atom is 0.152 e. The molecule has 0 saturated carbocycles. The van der Waals surface area contributed by atoms with E-state index in [1.807, 2.05) is 0 Å². The van der Waals surface area contributed by atoms with Crippen molar-refractivity contribution in [2.45, 2.75) is 38.3 Å². The summed E-state index contributed by atoms with van der Waals surface area (Å²) in [6, 6.07) is 0. The molecule has 2 rings (SSSR count). The number of rotatable bonds is 4. The van der Waals surface area contributed by atoms with Crippen molar-refractivity contribution in [2.75, 3.05) is 20.3 Å². The highest BCUT2D eigenvalue weighted by atomic mass is 16.5. The summed E-state index contributed by atoms with van der Waals surface area (Å²) in [5.41, 5.74) is -0.0253. The summed E-state index contributed by atoms with van der Waals surface area (Å²) in [7, 11) is 1.71. The van der Waals surface area contributed by atoms with Crippen LogP contribution in [0.2, 0.25) is 0 Å². The van der Waals surface area contributed by atoms with E-state index in [4.69, 9.17) is 4.74 Å². The normalized spacial score (nSPS) is 25.9. The summed E-state index contributed by atoms with van der Waals surface area (Å²) < 4.78 is 7.18. The van der Waals surface area contributed by atoms with Crippen molar-refractivity contribution in [1.29, 1.82) is 0 Å². The number of methoxy groups -OCH3 is 1. The van der Waals surface area contributed by atoms with E-state index in [2.05, 4.69) is 27.0 Å². The third-order valence-corrected chi connectivity index (χ3v) is 3.26. The van der Waals surface area contributed by atoms with Crippen LogP contribution in [0, 0.1) is 0 Å². The maximum atomic E-state index is 5.09. The average Bonchev–Trinajstić information content (AvgIpc) is 2.76. The molecule has 0 aromatic carbocycles. The molecule has 1 aromatic heterocycles. The molecule has 1 saturated heterocycles. The predicted octanol–water partition coefficient (Wildman–Crippen LogP) is 0.913. The molecular weight excluding hydrogens is 204 g/mol. The van der Waals surface area contributed by atoms with Crippen molar-refractivity contribution in [3.63, 3.8) is 0 Å². The Bertz CT molecular complexity index is 330. The van der Waals surface area contributed by atoms with Crippen molar-refractivity contribution in [2.24, 2.45) is 0 Å². The highest BCUT2D eigenvalue weighted by Crippen LogP contribution is 2.28. The van der Waals surface area contributed by atoms with Crippen LogP contribution in [0.25, 0.3) is 0 Å². The van der Waals surface area contributed by atoms with Crippen LogP contribution >= 0.6 is 0 Å². The maximum absolute atomic E-state index is 5.09. The largest absolute Gasteiger partial charge is 0.383 e. The third kappa shape index (κ3) is 2.25. The summed E-state index contributed by atoms with van der Waals surface area (Å²) in [4.78, 5) is 0. The van der Waals surface area contributed by atoms with Gasteiger partial charge in [-0.05, 0) is 32.7 Å². The molecule has 0 spiro atoms. The lowest BCUT2D eigenvalue weighted by Gasteiger charge is -2.34. The predicted molar refractivity (Wildman–Crippen MR) is 61.1 cm³/mol. The van der Waals surface area contributed by atoms with Gasteiger partial charge in [-0.15, -0.1) is 10.2 Å². The van der Waals surface area contributed by atoms with Crippen LogP contribution in [0.15, 0.2) is 6.33 Å². The SMILES string of the molecule is COCCn1cnnc1C1(C)CCCCN1. The van der Waals surface area contributed by atoms with Gasteiger partial charge in [0.15, 0.2) is 5.82 Å². The standard InChI is InChI=1S/C11H20N4O/c1-11(5-3-4-6-12-11)10-14-13-9-15(10)7-8-16-2/h9,12H,3-8H2,1-2H3. The van der Waals surface area contributed by atoms with Crippen molar-refractivity contribution < 1.29 is 4.74 Å². The first kappa shape index (κ1) is 11.5. The lowest BCUT2D eigenvalue weighted by Crippen LogP contribution is -2.45. The lowest BCUT2D eigenvalue weighted by atomic mass is 9.90. The van der Waals surface area contributed by atoms with Gasteiger partial charge < -0.3 is 14.6 Å². The number of hydrogen-bond donors (Lipinski definition) is 1. The third-order valence-electron chi connectivity index (χ3n) is 3.26. The Hall–Kier alpha value is -0.940. The smallest absolute Gasteiger partial charge is 0.152 e. The molecular formula is C11H20N4O. The van der Waals surface area contributed by atoms with Crippen LogP contribution in [-0.4, -0.2) is 35.0 Å². The van der Waals surface area contributed by atoms with Gasteiger partial charge >= 0.3 is 0 Å². The van der Waals surface area contributed by atoms with Crippen molar-refractivity contribution in [1.82, 2.24) is 20.1 Å². The number of aromatic nitrogens is 3. The Kier molecular flexibility index (Phi) is 3.56. The Morgan fingerprint density at radius 3 is 3.12 bits per heavy atom. The van der Waals surface area contributed by atoms with E-state index in [9.17, 15) is 0 Å². The molecule has 1 aromatic rings. The van der Waals surface area contributed by atoms with E-state index >= 15 is 0 Å². The monoisotopic (exact) mass is 224 g/mol. The molecule has 1 aliphatic heterocycles. The van der Waals surface area contributed by atoms with Crippen molar-refractivity contribution in [3.05, 3.63) is 12.2 Å². The second-order valence-corrected chi connectivity index (χ2v) is 4.56. The Morgan fingerprint density at radius 2 is 2.44 bits per heavy atom. The molecule has 1 aliphatic rings. The first-order valence-corrected chi connectivity index (χ1v) is 5.88. The van der Waals surface area contributed by atoms with Gasteiger partial charge in [0, 0.05) is 13.7 Å². The van der Waals surface area contributed by atoms with E-state index in [0.29, 0.717) is 6.61 Å². The van der Waals surface area contributed by atoms with Gasteiger partial charge in [0.25, 0.3) is 0 Å². The zero-order valence-electron chi connectivity index (χ0n) is 10.1. The fourth-order valence-electron chi connectivity index (χ4n) is 2.28. The summed E-state index contributed by atoms with van der Waals surface area (Å²) >= 11 is 0. The van der Waals surface area contributed by atoms with Crippen molar-refractivity contribution >= 4 is 0 Å². The van der Waals surface area contributed by atoms with E-state index in [-0.39, 0.29) is 5.54 Å². The molecule has 0 aliphatic carbocycles. The van der Waals surface area contributed by atoms with Gasteiger partial charge in [-0.2, -0.15) is 0 Å². The zero-order valence-corrected chi connectivity index (χ0v) is 10.1. The Balaban J connectivity index is 2.15. The topological polar surface area (TPSA) is 52.0 Å². The molecule has 16 heavy (non-hydrogen) atoms. The van der Waals surface area contributed by atoms with Gasteiger partial charge in [-0.1, -0.05) is 0 Å². The molecule has 5 heteroatoms. The molecule has 1 fully saturated rings. The van der Waals surface area contributed by atoms with Gasteiger partial charge in [0.1, 0.15) is 6.33 Å². The minimum Gasteiger partial charge on any atom is -0.383 e. The summed E-state index contributed by atoms with van der Waals surface area (Å²) in [5.74, 6) is 1.03. The molecule has 1 N–H and O–H groups in total. The van der Waals surface area contributed by atoms with Gasteiger partial charge in [0.2, 0.25) is 0 Å². The zero-order chi connectivity index (χ0) is 11.4. The number of hydrogen-bond acceptors (Lipinski definition) is 4. The molecule has 90 valence electrons. The van der Waals surface area contributed by atoms with Crippen LogP contribution in [0.1, 0.15) is 32.0 Å². The molecule has 0 radical (unpaired) electrons. The van der Waals surface area contributed by atoms with Crippen LogP contribution in [0.4, 0.5) is 0 Å². The van der Waals surface area contributed by atoms with Crippen LogP contribution < -0.4 is 5.32 Å². The number of piperidine rings is 1. The van der Waals surface area contributed by atoms with E-state index in [0.717, 1.165) is 25.3 Å². The first-order valence-electron chi connectivity index (χ1n) is 5.88. The highest BCUT2D eigenvalue weighted by Gasteiger charge is 2.32. The quantitative estimate of drug-likeness (QED) is 0.826. The number of nitrogens with one attached hydrogen (secondary N) is 1. The van der Waals surface area contributed by atoms with Crippen molar-refractivity contribution in [3.8, 4) is 0 Å². The second kappa shape index (κ2) is 4.93. The molecule has 0 bridgehead atoms. The van der Waals surface area contributed by atoms with E-state index in [1.165, 1.54) is 12.8 Å². The van der Waals surface area contributed by atoms with Gasteiger partial charge in [-0.25, -0.2) is 0 Å². The summed E-state index contributed by atoms with van der Waals surface area (Å²) in [6.07, 6.45) is 5.41. The molecule has 2 heterocycles. The van der Waals surface area contributed by atoms with Gasteiger partial charge in [0.05, 0.1) is 12.1 Å². The van der Waals surface area contributed by atoms with E-state index in [1.54, 1.807) is 13.4 Å². The molecule has 1 atom stereocenters. The summed E-state index contributed by atoms with van der Waals surface area (Å²) in [5, 5.41) is 11.8. The molecule has 0 amide bonds. The minimum atomic E-state index is -0.0253. The fraction of sp³-hybridized carbons (Fsp3) is 0.818. The van der Waals surface area contributed by atoms with E-state index < -0.39 is 0 Å². The van der Waals surface area contributed by atoms with Crippen LogP contribution in [0.5, 0.6) is 0 Å². The Morgan fingerprint density at radius 1 is 1.56 bits per heavy atom. The molecule has 1 unspecified atom stereocenters. The second-order valence-electron chi connectivity index (χ2n) is 4.56. The van der Waals surface area contributed by atoms with Gasteiger partial charge in [-0.3, -0.25) is 0 Å². The van der Waals surface area contributed by atoms with Crippen LogP contribution in [-0.2, 0) is 16.8 Å². The fourth-order valence-corrected chi connectivity index (χ4v) is 2.28. The van der Waals surface area contributed by atoms with Crippen LogP contribution in [0.3, 0.4) is 0 Å². The number of nitrogens with zero attached hydrogens (tertiary/aromatic N) is 3. The molecule has 5 nitrogen and oxygen atoms in total. The highest BCUT2D eigenvalue weighted by molar-refractivity contribution is 5.05. The average molecular weight is 224 g/mol. The number of ether oxygens (including phenoxy) is 1. The Labute approximate surface area is 96.2 Å². The minimum absolute atomic E-state index is 0.0253.